The number of nitro benzene ring substituents is 1. The minimum Gasteiger partial charge on any atom is -0.451 e. The minimum atomic E-state index is -0.492. The van der Waals surface area contributed by atoms with Crippen molar-refractivity contribution in [2.24, 2.45) is 0 Å². The number of nitrogens with one attached hydrogen (secondary N) is 1. The molecule has 0 bridgehead atoms. The summed E-state index contributed by atoms with van der Waals surface area (Å²) < 4.78 is 5.51. The predicted molar refractivity (Wildman–Crippen MR) is 94.9 cm³/mol. The maximum Gasteiger partial charge on any atom is 0.291 e. The monoisotopic (exact) mass is 356 g/mol. The number of anilines is 1. The molecule has 0 fully saturated rings. The Morgan fingerprint density at radius 2 is 1.92 bits per heavy atom. The van der Waals surface area contributed by atoms with Crippen molar-refractivity contribution in [3.05, 3.63) is 81.1 Å². The van der Waals surface area contributed by atoms with E-state index in [1.54, 1.807) is 43.3 Å². The van der Waals surface area contributed by atoms with Crippen LogP contribution in [0.15, 0.2) is 59.0 Å². The van der Waals surface area contributed by atoms with Gasteiger partial charge in [-0.2, -0.15) is 0 Å². The number of aryl methyl sites for hydroxylation is 1. The summed E-state index contributed by atoms with van der Waals surface area (Å²) in [5.74, 6) is -0.213. The van der Waals surface area contributed by atoms with Crippen LogP contribution >= 0.6 is 11.6 Å². The van der Waals surface area contributed by atoms with E-state index in [-0.39, 0.29) is 17.2 Å². The zero-order valence-corrected chi connectivity index (χ0v) is 13.9. The highest BCUT2D eigenvalue weighted by Crippen LogP contribution is 2.32. The van der Waals surface area contributed by atoms with Gasteiger partial charge in [0.2, 0.25) is 0 Å². The summed E-state index contributed by atoms with van der Waals surface area (Å²) in [6.45, 7) is 1.77. The highest BCUT2D eigenvalue weighted by Gasteiger charge is 2.20. The maximum atomic E-state index is 12.3. The van der Waals surface area contributed by atoms with Gasteiger partial charge in [0.25, 0.3) is 11.6 Å². The topological polar surface area (TPSA) is 85.4 Å². The van der Waals surface area contributed by atoms with Crippen LogP contribution in [-0.2, 0) is 0 Å². The second-order valence-corrected chi connectivity index (χ2v) is 5.78. The number of nitrogens with zero attached hydrogens (tertiary/aromatic N) is 1. The van der Waals surface area contributed by atoms with Gasteiger partial charge in [0, 0.05) is 6.07 Å². The summed E-state index contributed by atoms with van der Waals surface area (Å²) >= 11 is 6.01. The maximum absolute atomic E-state index is 12.3. The Bertz CT molecular complexity index is 965. The van der Waals surface area contributed by atoms with E-state index < -0.39 is 10.8 Å². The lowest BCUT2D eigenvalue weighted by molar-refractivity contribution is -0.384. The third kappa shape index (κ3) is 3.54. The van der Waals surface area contributed by atoms with E-state index in [0.717, 1.165) is 5.56 Å². The first-order chi connectivity index (χ1) is 12.0. The van der Waals surface area contributed by atoms with Crippen LogP contribution in [0.4, 0.5) is 11.4 Å². The molecule has 0 saturated carbocycles. The van der Waals surface area contributed by atoms with Crippen LogP contribution in [0.3, 0.4) is 0 Å². The van der Waals surface area contributed by atoms with Gasteiger partial charge in [-0.05, 0) is 42.8 Å². The molecule has 3 rings (SSSR count). The Kier molecular flexibility index (Phi) is 4.54. The van der Waals surface area contributed by atoms with Gasteiger partial charge in [-0.15, -0.1) is 0 Å². The number of hydrogen-bond acceptors (Lipinski definition) is 4. The highest BCUT2D eigenvalue weighted by atomic mass is 35.5. The summed E-state index contributed by atoms with van der Waals surface area (Å²) in [6, 6.07) is 14.6. The Labute approximate surface area is 148 Å². The first-order valence-electron chi connectivity index (χ1n) is 7.37. The van der Waals surface area contributed by atoms with Gasteiger partial charge < -0.3 is 9.73 Å². The lowest BCUT2D eigenvalue weighted by Gasteiger charge is -2.05. The van der Waals surface area contributed by atoms with Crippen molar-refractivity contribution < 1.29 is 14.1 Å². The molecule has 0 aliphatic rings. The Morgan fingerprint density at radius 3 is 2.64 bits per heavy atom. The molecule has 126 valence electrons. The fourth-order valence-corrected chi connectivity index (χ4v) is 2.54. The Balaban J connectivity index is 1.89. The number of nitro groups is 1. The summed E-state index contributed by atoms with van der Waals surface area (Å²) in [4.78, 5) is 23.0. The molecule has 25 heavy (non-hydrogen) atoms. The molecule has 6 nitrogen and oxygen atoms in total. The zero-order valence-electron chi connectivity index (χ0n) is 13.2. The molecule has 1 aromatic heterocycles. The number of hydrogen-bond donors (Lipinski definition) is 1. The summed E-state index contributed by atoms with van der Waals surface area (Å²) in [5, 5.41) is 14.3. The van der Waals surface area contributed by atoms with Gasteiger partial charge in [-0.25, -0.2) is 0 Å². The van der Waals surface area contributed by atoms with Crippen molar-refractivity contribution in [3.63, 3.8) is 0 Å². The standard InChI is InChI=1S/C18H13ClN2O4/c1-11-6-7-12(15(10-11)21(23)24)16-8-9-17(25-16)18(22)20-14-5-3-2-4-13(14)19/h2-10H,1H3,(H,20,22). The molecule has 7 heteroatoms. The molecule has 2 aromatic carbocycles. The molecule has 0 atom stereocenters. The van der Waals surface area contributed by atoms with Gasteiger partial charge in [0.1, 0.15) is 5.76 Å². The van der Waals surface area contributed by atoms with E-state index >= 15 is 0 Å². The van der Waals surface area contributed by atoms with Crippen molar-refractivity contribution in [2.45, 2.75) is 6.92 Å². The van der Waals surface area contributed by atoms with Crippen LogP contribution in [0.5, 0.6) is 0 Å². The number of furan rings is 1. The second-order valence-electron chi connectivity index (χ2n) is 5.38. The van der Waals surface area contributed by atoms with E-state index in [1.807, 2.05) is 0 Å². The summed E-state index contributed by atoms with van der Waals surface area (Å²) in [5.41, 5.74) is 1.45. The molecule has 0 unspecified atom stereocenters. The van der Waals surface area contributed by atoms with Crippen LogP contribution in [0.2, 0.25) is 5.02 Å². The minimum absolute atomic E-state index is 0.0322. The third-order valence-electron chi connectivity index (χ3n) is 3.57. The molecule has 0 radical (unpaired) electrons. The summed E-state index contributed by atoms with van der Waals surface area (Å²) in [6.07, 6.45) is 0. The molecular weight excluding hydrogens is 344 g/mol. The first-order valence-corrected chi connectivity index (χ1v) is 7.74. The number of benzene rings is 2. The molecule has 0 aliphatic carbocycles. The molecule has 0 saturated heterocycles. The van der Waals surface area contributed by atoms with E-state index in [0.29, 0.717) is 16.3 Å². The number of rotatable bonds is 4. The predicted octanol–water partition coefficient (Wildman–Crippen LogP) is 5.07. The number of para-hydroxylation sites is 1. The smallest absolute Gasteiger partial charge is 0.291 e. The van der Waals surface area contributed by atoms with Crippen LogP contribution in [-0.4, -0.2) is 10.8 Å². The van der Waals surface area contributed by atoms with Crippen molar-refractivity contribution >= 4 is 28.9 Å². The number of amides is 1. The van der Waals surface area contributed by atoms with Crippen molar-refractivity contribution in [2.75, 3.05) is 5.32 Å². The van der Waals surface area contributed by atoms with Crippen LogP contribution in [0, 0.1) is 17.0 Å². The van der Waals surface area contributed by atoms with Gasteiger partial charge in [0.05, 0.1) is 21.2 Å². The number of carbonyl (C=O) groups is 1. The largest absolute Gasteiger partial charge is 0.451 e. The molecule has 1 N–H and O–H groups in total. The average Bonchev–Trinajstić information content (AvgIpc) is 3.06. The SMILES string of the molecule is Cc1ccc(-c2ccc(C(=O)Nc3ccccc3Cl)o2)c([N+](=O)[O-])c1. The molecule has 1 heterocycles. The van der Waals surface area contributed by atoms with Gasteiger partial charge in [-0.3, -0.25) is 14.9 Å². The Hall–Kier alpha value is -3.12. The highest BCUT2D eigenvalue weighted by molar-refractivity contribution is 6.33. The van der Waals surface area contributed by atoms with Gasteiger partial charge in [0.15, 0.2) is 5.76 Å². The molecule has 0 aliphatic heterocycles. The van der Waals surface area contributed by atoms with Crippen LogP contribution in [0.25, 0.3) is 11.3 Å². The number of carbonyl (C=O) groups excluding carboxylic acids is 1. The van der Waals surface area contributed by atoms with E-state index in [1.165, 1.54) is 18.2 Å². The fraction of sp³-hybridized carbons (Fsp3) is 0.0556. The van der Waals surface area contributed by atoms with E-state index in [9.17, 15) is 14.9 Å². The van der Waals surface area contributed by atoms with Crippen molar-refractivity contribution in [1.29, 1.82) is 0 Å². The van der Waals surface area contributed by atoms with Crippen LogP contribution in [0.1, 0.15) is 16.1 Å². The van der Waals surface area contributed by atoms with Crippen LogP contribution < -0.4 is 5.32 Å². The summed E-state index contributed by atoms with van der Waals surface area (Å²) in [7, 11) is 0. The molecular formula is C18H13ClN2O4. The lowest BCUT2D eigenvalue weighted by Crippen LogP contribution is -2.11. The molecule has 0 spiro atoms. The van der Waals surface area contributed by atoms with Gasteiger partial charge in [-0.1, -0.05) is 29.8 Å². The first kappa shape index (κ1) is 16.7. The van der Waals surface area contributed by atoms with Crippen molar-refractivity contribution in [3.8, 4) is 11.3 Å². The van der Waals surface area contributed by atoms with E-state index in [4.69, 9.17) is 16.0 Å². The Morgan fingerprint density at radius 1 is 1.16 bits per heavy atom. The lowest BCUT2D eigenvalue weighted by atomic mass is 10.1. The quantitative estimate of drug-likeness (QED) is 0.522. The van der Waals surface area contributed by atoms with Gasteiger partial charge >= 0.3 is 0 Å². The molecule has 3 aromatic rings. The zero-order chi connectivity index (χ0) is 18.0. The molecule has 1 amide bonds. The van der Waals surface area contributed by atoms with E-state index in [2.05, 4.69) is 5.32 Å². The fourth-order valence-electron chi connectivity index (χ4n) is 2.35. The average molecular weight is 357 g/mol. The van der Waals surface area contributed by atoms with Crippen molar-refractivity contribution in [1.82, 2.24) is 0 Å². The third-order valence-corrected chi connectivity index (χ3v) is 3.90. The number of halogens is 1. The normalized spacial score (nSPS) is 10.5. The second kappa shape index (κ2) is 6.78.